The van der Waals surface area contributed by atoms with Gasteiger partial charge in [0.25, 0.3) is 0 Å². The molecule has 3 aromatic heterocycles. The maximum Gasteiger partial charge on any atom is 0.317 e. The topological polar surface area (TPSA) is 133 Å². The van der Waals surface area contributed by atoms with Gasteiger partial charge in [0.2, 0.25) is 5.91 Å². The van der Waals surface area contributed by atoms with Crippen LogP contribution in [0.15, 0.2) is 54.9 Å². The monoisotopic (exact) mass is 709 g/mol. The van der Waals surface area contributed by atoms with Crippen molar-refractivity contribution in [2.45, 2.75) is 45.3 Å². The number of anilines is 1. The molecule has 4 aromatic rings. The number of imidazole rings is 1. The van der Waals surface area contributed by atoms with Crippen molar-refractivity contribution in [3.8, 4) is 5.75 Å². The van der Waals surface area contributed by atoms with Gasteiger partial charge in [-0.25, -0.2) is 9.78 Å². The van der Waals surface area contributed by atoms with Gasteiger partial charge in [-0.2, -0.15) is 0 Å². The summed E-state index contributed by atoms with van der Waals surface area (Å²) in [5.74, 6) is 0.212. The van der Waals surface area contributed by atoms with Crippen LogP contribution in [0.1, 0.15) is 54.9 Å². The number of amides is 3. The predicted octanol–water partition coefficient (Wildman–Crippen LogP) is 4.92. The van der Waals surface area contributed by atoms with Crippen molar-refractivity contribution in [2.75, 3.05) is 51.7 Å². The van der Waals surface area contributed by atoms with Gasteiger partial charge < -0.3 is 25.0 Å². The lowest BCUT2D eigenvalue weighted by molar-refractivity contribution is -0.124. The number of pyridine rings is 2. The molecule has 1 aromatic carbocycles. The van der Waals surface area contributed by atoms with Gasteiger partial charge in [0.05, 0.1) is 27.8 Å². The zero-order valence-corrected chi connectivity index (χ0v) is 29.4. The van der Waals surface area contributed by atoms with Crippen molar-refractivity contribution >= 4 is 52.3 Å². The van der Waals surface area contributed by atoms with E-state index in [2.05, 4.69) is 15.2 Å². The molecule has 5 rings (SSSR count). The van der Waals surface area contributed by atoms with Gasteiger partial charge >= 0.3 is 6.03 Å². The van der Waals surface area contributed by atoms with Crippen LogP contribution in [-0.2, 0) is 22.6 Å². The molecule has 4 heterocycles. The van der Waals surface area contributed by atoms with Crippen LogP contribution in [-0.4, -0.2) is 93.8 Å². The van der Waals surface area contributed by atoms with Crippen molar-refractivity contribution < 1.29 is 24.2 Å². The molecule has 14 heteroatoms. The average molecular weight is 711 g/mol. The van der Waals surface area contributed by atoms with Crippen LogP contribution < -0.4 is 15.0 Å². The second-order valence-corrected chi connectivity index (χ2v) is 12.6. The highest BCUT2D eigenvalue weighted by atomic mass is 35.5. The first kappa shape index (κ1) is 36.1. The number of nitrogens with one attached hydrogen (secondary N) is 1. The van der Waals surface area contributed by atoms with Gasteiger partial charge in [-0.05, 0) is 42.8 Å². The molecular weight excluding hydrogens is 669 g/mol. The van der Waals surface area contributed by atoms with Gasteiger partial charge in [0.15, 0.2) is 11.4 Å². The lowest BCUT2D eigenvalue weighted by Gasteiger charge is -2.34. The fourth-order valence-corrected chi connectivity index (χ4v) is 6.47. The first-order chi connectivity index (χ1) is 23.6. The molecule has 1 aliphatic heterocycles. The molecule has 1 aliphatic rings. The van der Waals surface area contributed by atoms with E-state index in [1.54, 1.807) is 66.0 Å². The summed E-state index contributed by atoms with van der Waals surface area (Å²) in [6, 6.07) is 12.2. The van der Waals surface area contributed by atoms with E-state index in [9.17, 15) is 19.5 Å². The SMILES string of the molecule is CCc1nc2c(OCc3c(Cl)ccc(N(C)C(=O)CCC(=O)CCN4CCN(C(=O)NC)CC4)c3Cl)cccn2c1C(O)c1ccccn1. The third-order valence-electron chi connectivity index (χ3n) is 8.76. The largest absolute Gasteiger partial charge is 0.485 e. The van der Waals surface area contributed by atoms with Crippen LogP contribution in [0, 0.1) is 0 Å². The van der Waals surface area contributed by atoms with Crippen molar-refractivity contribution in [3.63, 3.8) is 0 Å². The number of aliphatic hydroxyl groups is 1. The molecule has 0 aliphatic carbocycles. The Bertz CT molecular complexity index is 1790. The lowest BCUT2D eigenvalue weighted by atomic mass is 10.1. The first-order valence-corrected chi connectivity index (χ1v) is 17.0. The van der Waals surface area contributed by atoms with E-state index in [1.165, 1.54) is 4.90 Å². The lowest BCUT2D eigenvalue weighted by Crippen LogP contribution is -2.51. The third-order valence-corrected chi connectivity index (χ3v) is 9.54. The molecule has 12 nitrogen and oxygen atoms in total. The number of urea groups is 1. The van der Waals surface area contributed by atoms with Gasteiger partial charge in [0.1, 0.15) is 18.5 Å². The summed E-state index contributed by atoms with van der Waals surface area (Å²) in [7, 11) is 3.23. The van der Waals surface area contributed by atoms with Crippen LogP contribution in [0.4, 0.5) is 10.5 Å². The van der Waals surface area contributed by atoms with Crippen LogP contribution >= 0.6 is 23.2 Å². The number of benzene rings is 1. The highest BCUT2D eigenvalue weighted by Crippen LogP contribution is 2.36. The minimum Gasteiger partial charge on any atom is -0.485 e. The number of Topliss-reactive ketones (excluding diaryl/α,β-unsaturated/α-hetero) is 1. The molecule has 49 heavy (non-hydrogen) atoms. The second kappa shape index (κ2) is 16.4. The first-order valence-electron chi connectivity index (χ1n) is 16.3. The number of aromatic nitrogens is 3. The molecular formula is C35H41Cl2N7O5. The minimum atomic E-state index is -0.983. The summed E-state index contributed by atoms with van der Waals surface area (Å²) >= 11 is 13.4. The number of carbonyl (C=O) groups excluding carboxylic acids is 3. The van der Waals surface area contributed by atoms with Crippen LogP contribution in [0.2, 0.25) is 10.0 Å². The number of rotatable bonds is 13. The Labute approximate surface area is 295 Å². The highest BCUT2D eigenvalue weighted by molar-refractivity contribution is 6.38. The number of ketones is 1. The maximum absolute atomic E-state index is 13.1. The van der Waals surface area contributed by atoms with E-state index in [0.717, 1.165) is 0 Å². The zero-order valence-electron chi connectivity index (χ0n) is 27.9. The number of aliphatic hydroxyl groups excluding tert-OH is 1. The Morgan fingerprint density at radius 1 is 1.04 bits per heavy atom. The van der Waals surface area contributed by atoms with E-state index >= 15 is 0 Å². The van der Waals surface area contributed by atoms with Crippen LogP contribution in [0.25, 0.3) is 5.65 Å². The number of hydrogen-bond donors (Lipinski definition) is 2. The number of nitrogens with zero attached hydrogens (tertiary/aromatic N) is 6. The molecule has 0 bridgehead atoms. The number of hydrogen-bond acceptors (Lipinski definition) is 8. The normalized spacial score (nSPS) is 14.1. The quantitative estimate of drug-likeness (QED) is 0.200. The molecule has 260 valence electrons. The number of carbonyl (C=O) groups is 3. The standard InChI is InChI=1S/C35H41Cl2N7O5/c1-4-26-32(33(47)27-8-5-6-15-39-27)44-16-7-9-29(34(44)40-26)49-22-24-25(36)11-12-28(31(24)37)41(3)30(46)13-10-23(45)14-17-42-18-20-43(21-19-42)35(48)38-2/h5-9,11-12,15-16,33,47H,4,10,13-14,17-22H2,1-3H3,(H,38,48). The average Bonchev–Trinajstić information content (AvgIpc) is 3.52. The van der Waals surface area contributed by atoms with E-state index < -0.39 is 6.10 Å². The van der Waals surface area contributed by atoms with Gasteiger partial charge in [-0.15, -0.1) is 0 Å². The Kier molecular flexibility index (Phi) is 12.1. The summed E-state index contributed by atoms with van der Waals surface area (Å²) < 4.78 is 8.02. The molecule has 1 unspecified atom stereocenters. The second-order valence-electron chi connectivity index (χ2n) is 11.8. The predicted molar refractivity (Wildman–Crippen MR) is 188 cm³/mol. The van der Waals surface area contributed by atoms with E-state index in [4.69, 9.17) is 32.9 Å². The Morgan fingerprint density at radius 2 is 1.82 bits per heavy atom. The van der Waals surface area contributed by atoms with E-state index in [0.29, 0.717) is 90.3 Å². The number of halogens is 2. The highest BCUT2D eigenvalue weighted by Gasteiger charge is 2.25. The summed E-state index contributed by atoms with van der Waals surface area (Å²) in [5, 5.41) is 14.5. The van der Waals surface area contributed by atoms with E-state index in [-0.39, 0.29) is 42.2 Å². The zero-order chi connectivity index (χ0) is 35.1. The number of aryl methyl sites for hydroxylation is 1. The number of ether oxygens (including phenoxy) is 1. The number of fused-ring (bicyclic) bond motifs is 1. The molecule has 1 saturated heterocycles. The molecule has 1 atom stereocenters. The van der Waals surface area contributed by atoms with Crippen LogP contribution in [0.5, 0.6) is 5.75 Å². The number of piperazine rings is 1. The molecule has 3 amide bonds. The summed E-state index contributed by atoms with van der Waals surface area (Å²) in [6.45, 7) is 5.19. The Hall–Kier alpha value is -4.23. The van der Waals surface area contributed by atoms with Crippen LogP contribution in [0.3, 0.4) is 0 Å². The summed E-state index contributed by atoms with van der Waals surface area (Å²) in [5.41, 5.74) is 3.30. The molecule has 0 spiro atoms. The fraction of sp³-hybridized carbons (Fsp3) is 0.400. The third kappa shape index (κ3) is 8.33. The molecule has 2 N–H and O–H groups in total. The maximum atomic E-state index is 13.1. The summed E-state index contributed by atoms with van der Waals surface area (Å²) in [6.07, 6.45) is 3.56. The molecule has 0 radical (unpaired) electrons. The molecule has 0 saturated carbocycles. The van der Waals surface area contributed by atoms with Crippen molar-refractivity contribution in [1.29, 1.82) is 0 Å². The van der Waals surface area contributed by atoms with Gasteiger partial charge in [-0.3, -0.25) is 23.9 Å². The minimum absolute atomic E-state index is 0.00174. The van der Waals surface area contributed by atoms with E-state index in [1.807, 2.05) is 19.2 Å². The van der Waals surface area contributed by atoms with Crippen molar-refractivity contribution in [2.24, 2.45) is 0 Å². The fourth-order valence-electron chi connectivity index (χ4n) is 5.86. The van der Waals surface area contributed by atoms with Gasteiger partial charge in [0, 0.05) is 89.1 Å². The van der Waals surface area contributed by atoms with Crippen molar-refractivity contribution in [3.05, 3.63) is 87.5 Å². The summed E-state index contributed by atoms with van der Waals surface area (Å²) in [4.78, 5) is 52.0. The smallest absolute Gasteiger partial charge is 0.317 e. The van der Waals surface area contributed by atoms with Crippen molar-refractivity contribution in [1.82, 2.24) is 29.5 Å². The molecule has 1 fully saturated rings. The Morgan fingerprint density at radius 3 is 2.51 bits per heavy atom. The Balaban J connectivity index is 1.21. The van der Waals surface area contributed by atoms with Gasteiger partial charge in [-0.1, -0.05) is 36.2 Å².